The van der Waals surface area contributed by atoms with E-state index in [9.17, 15) is 0 Å². The summed E-state index contributed by atoms with van der Waals surface area (Å²) in [5, 5.41) is 0.693. The van der Waals surface area contributed by atoms with Gasteiger partial charge in [-0.05, 0) is 24.5 Å². The third kappa shape index (κ3) is 3.19. The molecule has 2 aliphatic rings. The lowest BCUT2D eigenvalue weighted by atomic mass is 10.1. The number of fused-ring (bicyclic) bond motifs is 1. The molecule has 0 amide bonds. The molecule has 1 aromatic rings. The van der Waals surface area contributed by atoms with Crippen LogP contribution in [-0.2, 0) is 25.6 Å². The van der Waals surface area contributed by atoms with Crippen molar-refractivity contribution in [3.63, 3.8) is 0 Å². The number of halogens is 1. The zero-order valence-corrected chi connectivity index (χ0v) is 14.3. The maximum absolute atomic E-state index is 6.19. The predicted molar refractivity (Wildman–Crippen MR) is 88.2 cm³/mol. The van der Waals surface area contributed by atoms with Gasteiger partial charge in [0.25, 0.3) is 0 Å². The van der Waals surface area contributed by atoms with E-state index in [1.165, 1.54) is 0 Å². The van der Waals surface area contributed by atoms with Crippen LogP contribution in [0.5, 0.6) is 0 Å². The normalized spacial score (nSPS) is 32.0. The maximum atomic E-state index is 6.19. The first kappa shape index (κ1) is 16.9. The number of hydrogen-bond acceptors (Lipinski definition) is 4. The van der Waals surface area contributed by atoms with Crippen LogP contribution in [0.15, 0.2) is 36.9 Å². The molecule has 5 heteroatoms. The Kier molecular flexibility index (Phi) is 5.09. The van der Waals surface area contributed by atoms with E-state index in [0.29, 0.717) is 11.6 Å². The van der Waals surface area contributed by atoms with Crippen molar-refractivity contribution in [1.82, 2.24) is 0 Å². The van der Waals surface area contributed by atoms with E-state index in [1.54, 1.807) is 6.08 Å². The highest BCUT2D eigenvalue weighted by atomic mass is 35.5. The molecular formula is C18H23ClO4. The van der Waals surface area contributed by atoms with E-state index < -0.39 is 12.1 Å². The molecule has 0 aliphatic carbocycles. The summed E-state index contributed by atoms with van der Waals surface area (Å²) in [5.74, 6) is -0.576. The summed E-state index contributed by atoms with van der Waals surface area (Å²) in [4.78, 5) is 0. The molecule has 2 fully saturated rings. The van der Waals surface area contributed by atoms with Crippen molar-refractivity contribution in [3.05, 3.63) is 47.5 Å². The first-order valence-corrected chi connectivity index (χ1v) is 8.49. The van der Waals surface area contributed by atoms with Crippen LogP contribution in [0.3, 0.4) is 0 Å². The fourth-order valence-corrected chi connectivity index (χ4v) is 3.31. The van der Waals surface area contributed by atoms with Gasteiger partial charge in [0, 0.05) is 5.02 Å². The van der Waals surface area contributed by atoms with Crippen LogP contribution in [0.4, 0.5) is 0 Å². The number of rotatable bonds is 6. The molecule has 0 N–H and O–H groups in total. The van der Waals surface area contributed by atoms with Gasteiger partial charge in [0.15, 0.2) is 12.1 Å². The molecule has 3 rings (SSSR count). The Balaban J connectivity index is 1.72. The Labute approximate surface area is 142 Å². The van der Waals surface area contributed by atoms with Crippen molar-refractivity contribution in [2.45, 2.75) is 63.7 Å². The molecule has 126 valence electrons. The van der Waals surface area contributed by atoms with Crippen molar-refractivity contribution in [2.75, 3.05) is 0 Å². The molecule has 4 nitrogen and oxygen atoms in total. The fourth-order valence-electron chi connectivity index (χ4n) is 3.12. The van der Waals surface area contributed by atoms with Crippen molar-refractivity contribution >= 4 is 11.6 Å². The van der Waals surface area contributed by atoms with Gasteiger partial charge in [-0.15, -0.1) is 6.58 Å². The van der Waals surface area contributed by atoms with E-state index in [0.717, 1.165) is 18.4 Å². The molecule has 0 radical (unpaired) electrons. The van der Waals surface area contributed by atoms with E-state index in [-0.39, 0.29) is 18.3 Å². The van der Waals surface area contributed by atoms with Crippen LogP contribution in [0, 0.1) is 0 Å². The van der Waals surface area contributed by atoms with Crippen molar-refractivity contribution in [3.8, 4) is 0 Å². The van der Waals surface area contributed by atoms with Crippen molar-refractivity contribution in [2.24, 2.45) is 0 Å². The molecule has 1 aromatic carbocycles. The quantitative estimate of drug-likeness (QED) is 0.733. The second-order valence-corrected chi connectivity index (χ2v) is 6.30. The summed E-state index contributed by atoms with van der Waals surface area (Å²) in [6.07, 6.45) is 2.12. The predicted octanol–water partition coefficient (Wildman–Crippen LogP) is 4.07. The number of hydrogen-bond donors (Lipinski definition) is 0. The van der Waals surface area contributed by atoms with Gasteiger partial charge in [0.1, 0.15) is 18.3 Å². The molecule has 2 heterocycles. The average Bonchev–Trinajstić information content (AvgIpc) is 3.09. The largest absolute Gasteiger partial charge is 0.367 e. The van der Waals surface area contributed by atoms with Crippen LogP contribution in [0.2, 0.25) is 5.02 Å². The van der Waals surface area contributed by atoms with E-state index >= 15 is 0 Å². The third-order valence-corrected chi connectivity index (χ3v) is 4.96. The Morgan fingerprint density at radius 3 is 2.65 bits per heavy atom. The van der Waals surface area contributed by atoms with Gasteiger partial charge in [-0.1, -0.05) is 49.7 Å². The first-order chi connectivity index (χ1) is 11.1. The first-order valence-electron chi connectivity index (χ1n) is 8.11. The fraction of sp³-hybridized carbons (Fsp3) is 0.556. The molecule has 2 saturated heterocycles. The highest BCUT2D eigenvalue weighted by molar-refractivity contribution is 6.31. The number of ether oxygens (including phenoxy) is 4. The van der Waals surface area contributed by atoms with Crippen LogP contribution < -0.4 is 0 Å². The highest BCUT2D eigenvalue weighted by Gasteiger charge is 2.56. The van der Waals surface area contributed by atoms with Crippen LogP contribution in [-0.4, -0.2) is 30.4 Å². The zero-order chi connectivity index (χ0) is 16.4. The van der Waals surface area contributed by atoms with Gasteiger partial charge >= 0.3 is 0 Å². The summed E-state index contributed by atoms with van der Waals surface area (Å²) >= 11 is 6.19. The van der Waals surface area contributed by atoms with Crippen LogP contribution in [0.1, 0.15) is 32.3 Å². The lowest BCUT2D eigenvalue weighted by Crippen LogP contribution is -2.37. The lowest BCUT2D eigenvalue weighted by Gasteiger charge is -2.28. The summed E-state index contributed by atoms with van der Waals surface area (Å²) in [6.45, 7) is 8.33. The summed E-state index contributed by atoms with van der Waals surface area (Å²) in [5.41, 5.74) is 0.941. The summed E-state index contributed by atoms with van der Waals surface area (Å²) in [6, 6.07) is 7.65. The third-order valence-electron chi connectivity index (χ3n) is 4.59. The molecule has 0 aromatic heterocycles. The Hall–Kier alpha value is -0.910. The standard InChI is InChI=1S/C18H23ClO4/c1-4-14-15(20-11-12-9-7-8-10-13(12)19)16-17(21-14)23-18(5-2,6-3)22-16/h4,7-10,14-17H,1,5-6,11H2,2-3H3/t14-,15+,16-,17-/m1/s1. The van der Waals surface area contributed by atoms with Crippen LogP contribution >= 0.6 is 11.6 Å². The van der Waals surface area contributed by atoms with Gasteiger partial charge in [-0.2, -0.15) is 0 Å². The van der Waals surface area contributed by atoms with Crippen molar-refractivity contribution < 1.29 is 18.9 Å². The molecule has 0 unspecified atom stereocenters. The number of benzene rings is 1. The molecule has 0 spiro atoms. The minimum absolute atomic E-state index is 0.250. The lowest BCUT2D eigenvalue weighted by molar-refractivity contribution is -0.234. The SMILES string of the molecule is C=C[C@H]1O[C@@H]2OC(CC)(CC)O[C@@H]2[C@H]1OCc1ccccc1Cl. The zero-order valence-electron chi connectivity index (χ0n) is 13.5. The van der Waals surface area contributed by atoms with Gasteiger partial charge in [-0.3, -0.25) is 0 Å². The van der Waals surface area contributed by atoms with Gasteiger partial charge in [-0.25, -0.2) is 0 Å². The summed E-state index contributed by atoms with van der Waals surface area (Å²) < 4.78 is 24.2. The minimum atomic E-state index is -0.576. The smallest absolute Gasteiger partial charge is 0.190 e. The Morgan fingerprint density at radius 1 is 1.26 bits per heavy atom. The van der Waals surface area contributed by atoms with Gasteiger partial charge in [0.2, 0.25) is 0 Å². The van der Waals surface area contributed by atoms with E-state index in [4.69, 9.17) is 30.5 Å². The maximum Gasteiger partial charge on any atom is 0.190 e. The topological polar surface area (TPSA) is 36.9 Å². The second-order valence-electron chi connectivity index (χ2n) is 5.89. The Morgan fingerprint density at radius 2 is 2.00 bits per heavy atom. The summed E-state index contributed by atoms with van der Waals surface area (Å²) in [7, 11) is 0. The Bertz CT molecular complexity index is 558. The van der Waals surface area contributed by atoms with E-state index in [2.05, 4.69) is 20.4 Å². The molecular weight excluding hydrogens is 316 g/mol. The molecule has 0 saturated carbocycles. The van der Waals surface area contributed by atoms with Gasteiger partial charge in [0.05, 0.1) is 6.61 Å². The molecule has 2 aliphatic heterocycles. The average molecular weight is 339 g/mol. The van der Waals surface area contributed by atoms with Gasteiger partial charge < -0.3 is 18.9 Å². The molecule has 0 bridgehead atoms. The molecule has 4 atom stereocenters. The minimum Gasteiger partial charge on any atom is -0.367 e. The molecule has 23 heavy (non-hydrogen) atoms. The highest BCUT2D eigenvalue weighted by Crippen LogP contribution is 2.42. The van der Waals surface area contributed by atoms with Crippen molar-refractivity contribution in [1.29, 1.82) is 0 Å². The van der Waals surface area contributed by atoms with E-state index in [1.807, 2.05) is 24.3 Å². The monoisotopic (exact) mass is 338 g/mol. The van der Waals surface area contributed by atoms with Crippen LogP contribution in [0.25, 0.3) is 0 Å². The second kappa shape index (κ2) is 6.91.